The highest BCUT2D eigenvalue weighted by Gasteiger charge is 2.21. The summed E-state index contributed by atoms with van der Waals surface area (Å²) in [6.45, 7) is 4.54. The minimum Gasteiger partial charge on any atom is -0.371 e. The number of hydrogen-bond donors (Lipinski definition) is 0. The lowest BCUT2D eigenvalue weighted by Gasteiger charge is -2.33. The Morgan fingerprint density at radius 2 is 2.25 bits per heavy atom. The molecule has 1 unspecified atom stereocenters. The van der Waals surface area contributed by atoms with Crippen molar-refractivity contribution >= 4 is 11.6 Å². The first-order chi connectivity index (χ1) is 9.81. The molecular formula is C15H18ClN3O. The molecule has 1 aromatic heterocycles. The Morgan fingerprint density at radius 3 is 3.05 bits per heavy atom. The quantitative estimate of drug-likeness (QED) is 0.867. The Hall–Kier alpha value is -1.36. The molecule has 1 aromatic carbocycles. The summed E-state index contributed by atoms with van der Waals surface area (Å²) in [5.41, 5.74) is 1.15. The van der Waals surface area contributed by atoms with E-state index in [2.05, 4.69) is 16.1 Å². The van der Waals surface area contributed by atoms with Crippen LogP contribution in [0.1, 0.15) is 11.7 Å². The first-order valence-corrected chi connectivity index (χ1v) is 7.26. The van der Waals surface area contributed by atoms with Gasteiger partial charge in [0.05, 0.1) is 19.3 Å². The molecule has 2 heterocycles. The molecule has 1 aliphatic heterocycles. The van der Waals surface area contributed by atoms with Crippen LogP contribution >= 0.6 is 11.6 Å². The van der Waals surface area contributed by atoms with Crippen LogP contribution < -0.4 is 0 Å². The number of ether oxygens (including phenoxy) is 1. The molecule has 0 N–H and O–H groups in total. The summed E-state index contributed by atoms with van der Waals surface area (Å²) in [5, 5.41) is 4.99. The second-order valence-electron chi connectivity index (χ2n) is 4.98. The number of aromatic nitrogens is 2. The van der Waals surface area contributed by atoms with E-state index in [0.717, 1.165) is 43.4 Å². The van der Waals surface area contributed by atoms with Crippen molar-refractivity contribution in [3.63, 3.8) is 0 Å². The van der Waals surface area contributed by atoms with E-state index >= 15 is 0 Å². The summed E-state index contributed by atoms with van der Waals surface area (Å²) in [4.78, 5) is 2.41. The third kappa shape index (κ3) is 3.39. The lowest BCUT2D eigenvalue weighted by atomic mass is 10.1. The van der Waals surface area contributed by atoms with E-state index in [4.69, 9.17) is 16.3 Å². The van der Waals surface area contributed by atoms with Crippen LogP contribution in [0.4, 0.5) is 0 Å². The fraction of sp³-hybridized carbons (Fsp3) is 0.400. The third-order valence-corrected chi connectivity index (χ3v) is 3.81. The number of halogens is 1. The molecule has 0 aliphatic carbocycles. The smallest absolute Gasteiger partial charge is 0.0952 e. The topological polar surface area (TPSA) is 30.3 Å². The van der Waals surface area contributed by atoms with Crippen LogP contribution in [0, 0.1) is 0 Å². The SMILES string of the molecule is Clc1cccc(C2CN(CCn3cccn3)CCO2)c1. The summed E-state index contributed by atoms with van der Waals surface area (Å²) < 4.78 is 7.83. The van der Waals surface area contributed by atoms with Crippen molar-refractivity contribution in [2.45, 2.75) is 12.6 Å². The van der Waals surface area contributed by atoms with Crippen LogP contribution in [0.5, 0.6) is 0 Å². The molecule has 20 heavy (non-hydrogen) atoms. The third-order valence-electron chi connectivity index (χ3n) is 3.58. The summed E-state index contributed by atoms with van der Waals surface area (Å²) >= 11 is 6.05. The van der Waals surface area contributed by atoms with Gasteiger partial charge in [0, 0.05) is 37.1 Å². The van der Waals surface area contributed by atoms with Gasteiger partial charge >= 0.3 is 0 Å². The molecule has 1 saturated heterocycles. The molecule has 0 amide bonds. The summed E-state index contributed by atoms with van der Waals surface area (Å²) in [7, 11) is 0. The van der Waals surface area contributed by atoms with Crippen molar-refractivity contribution in [3.05, 3.63) is 53.3 Å². The van der Waals surface area contributed by atoms with E-state index in [1.165, 1.54) is 0 Å². The van der Waals surface area contributed by atoms with Crippen molar-refractivity contribution in [2.75, 3.05) is 26.2 Å². The number of rotatable bonds is 4. The normalized spacial score (nSPS) is 20.1. The molecule has 0 radical (unpaired) electrons. The molecule has 3 rings (SSSR count). The molecule has 5 heteroatoms. The van der Waals surface area contributed by atoms with Crippen molar-refractivity contribution in [1.29, 1.82) is 0 Å². The number of hydrogen-bond acceptors (Lipinski definition) is 3. The number of nitrogens with zero attached hydrogens (tertiary/aromatic N) is 3. The second-order valence-corrected chi connectivity index (χ2v) is 5.42. The highest BCUT2D eigenvalue weighted by Crippen LogP contribution is 2.24. The van der Waals surface area contributed by atoms with E-state index in [-0.39, 0.29) is 6.10 Å². The van der Waals surface area contributed by atoms with Crippen LogP contribution in [0.3, 0.4) is 0 Å². The van der Waals surface area contributed by atoms with Crippen LogP contribution in [-0.4, -0.2) is 40.9 Å². The molecule has 106 valence electrons. The highest BCUT2D eigenvalue weighted by molar-refractivity contribution is 6.30. The summed E-state index contributed by atoms with van der Waals surface area (Å²) in [5.74, 6) is 0. The zero-order chi connectivity index (χ0) is 13.8. The molecule has 1 atom stereocenters. The first-order valence-electron chi connectivity index (χ1n) is 6.88. The maximum Gasteiger partial charge on any atom is 0.0952 e. The average Bonchev–Trinajstić information content (AvgIpc) is 2.99. The lowest BCUT2D eigenvalue weighted by Crippen LogP contribution is -2.40. The first kappa shape index (κ1) is 13.6. The average molecular weight is 292 g/mol. The van der Waals surface area contributed by atoms with Crippen molar-refractivity contribution in [3.8, 4) is 0 Å². The molecule has 0 spiro atoms. The number of benzene rings is 1. The molecular weight excluding hydrogens is 274 g/mol. The predicted molar refractivity (Wildman–Crippen MR) is 78.8 cm³/mol. The molecule has 4 nitrogen and oxygen atoms in total. The van der Waals surface area contributed by atoms with Crippen LogP contribution in [0.15, 0.2) is 42.7 Å². The zero-order valence-electron chi connectivity index (χ0n) is 11.3. The van der Waals surface area contributed by atoms with E-state index in [0.29, 0.717) is 0 Å². The van der Waals surface area contributed by atoms with E-state index in [1.807, 2.05) is 41.3 Å². The van der Waals surface area contributed by atoms with Crippen LogP contribution in [0.2, 0.25) is 5.02 Å². The fourth-order valence-corrected chi connectivity index (χ4v) is 2.69. The van der Waals surface area contributed by atoms with Gasteiger partial charge in [-0.1, -0.05) is 23.7 Å². The van der Waals surface area contributed by atoms with Gasteiger partial charge in [0.25, 0.3) is 0 Å². The minimum absolute atomic E-state index is 0.111. The van der Waals surface area contributed by atoms with Crippen molar-refractivity contribution < 1.29 is 4.74 Å². The van der Waals surface area contributed by atoms with Gasteiger partial charge in [-0.05, 0) is 23.8 Å². The van der Waals surface area contributed by atoms with Gasteiger partial charge in [-0.2, -0.15) is 5.10 Å². The zero-order valence-corrected chi connectivity index (χ0v) is 12.0. The Kier molecular flexibility index (Phi) is 4.35. The minimum atomic E-state index is 0.111. The molecule has 1 fully saturated rings. The Balaban J connectivity index is 1.59. The predicted octanol–water partition coefficient (Wildman–Crippen LogP) is 2.61. The van der Waals surface area contributed by atoms with Gasteiger partial charge in [0.15, 0.2) is 0 Å². The second kappa shape index (κ2) is 6.39. The van der Waals surface area contributed by atoms with Crippen molar-refractivity contribution in [1.82, 2.24) is 14.7 Å². The van der Waals surface area contributed by atoms with Crippen LogP contribution in [0.25, 0.3) is 0 Å². The Labute approximate surface area is 123 Å². The van der Waals surface area contributed by atoms with Gasteiger partial charge in [-0.3, -0.25) is 9.58 Å². The van der Waals surface area contributed by atoms with E-state index in [9.17, 15) is 0 Å². The molecule has 0 bridgehead atoms. The van der Waals surface area contributed by atoms with Gasteiger partial charge in [-0.15, -0.1) is 0 Å². The molecule has 1 aliphatic rings. The Bertz CT molecular complexity index is 544. The van der Waals surface area contributed by atoms with E-state index in [1.54, 1.807) is 0 Å². The monoisotopic (exact) mass is 291 g/mol. The summed E-state index contributed by atoms with van der Waals surface area (Å²) in [6, 6.07) is 9.89. The van der Waals surface area contributed by atoms with Gasteiger partial charge in [-0.25, -0.2) is 0 Å². The Morgan fingerprint density at radius 1 is 1.30 bits per heavy atom. The van der Waals surface area contributed by atoms with Gasteiger partial charge in [0.2, 0.25) is 0 Å². The number of morpholine rings is 1. The molecule has 0 saturated carbocycles. The van der Waals surface area contributed by atoms with Gasteiger partial charge < -0.3 is 4.74 Å². The fourth-order valence-electron chi connectivity index (χ4n) is 2.49. The summed E-state index contributed by atoms with van der Waals surface area (Å²) in [6.07, 6.45) is 3.92. The van der Waals surface area contributed by atoms with Crippen LogP contribution in [-0.2, 0) is 11.3 Å². The lowest BCUT2D eigenvalue weighted by molar-refractivity contribution is -0.0311. The highest BCUT2D eigenvalue weighted by atomic mass is 35.5. The van der Waals surface area contributed by atoms with Gasteiger partial charge in [0.1, 0.15) is 0 Å². The molecule has 2 aromatic rings. The van der Waals surface area contributed by atoms with E-state index < -0.39 is 0 Å². The van der Waals surface area contributed by atoms with Crippen molar-refractivity contribution in [2.24, 2.45) is 0 Å². The maximum atomic E-state index is 6.05. The maximum absolute atomic E-state index is 6.05. The largest absolute Gasteiger partial charge is 0.371 e. The standard InChI is InChI=1S/C15H18ClN3O/c16-14-4-1-3-13(11-14)15-12-18(9-10-20-15)7-8-19-6-2-5-17-19/h1-6,11,15H,7-10,12H2.